The molecule has 0 spiro atoms. The summed E-state index contributed by atoms with van der Waals surface area (Å²) >= 11 is 0. The van der Waals surface area contributed by atoms with E-state index in [4.69, 9.17) is 4.43 Å². The van der Waals surface area contributed by atoms with Crippen molar-refractivity contribution in [3.05, 3.63) is 96.6 Å². The van der Waals surface area contributed by atoms with Crippen LogP contribution in [0.2, 0.25) is 5.04 Å². The molecule has 0 N–H and O–H groups in total. The van der Waals surface area contributed by atoms with Crippen molar-refractivity contribution in [2.75, 3.05) is 0 Å². The zero-order chi connectivity index (χ0) is 22.6. The smallest absolute Gasteiger partial charge is 0.261 e. The van der Waals surface area contributed by atoms with E-state index in [1.165, 1.54) is 10.4 Å². The molecule has 4 rings (SSSR count). The van der Waals surface area contributed by atoms with E-state index in [0.717, 1.165) is 24.8 Å². The molecule has 166 valence electrons. The summed E-state index contributed by atoms with van der Waals surface area (Å²) < 4.78 is 7.25. The molecule has 0 aromatic heterocycles. The Morgan fingerprint density at radius 1 is 0.812 bits per heavy atom. The van der Waals surface area contributed by atoms with Crippen LogP contribution in [0.1, 0.15) is 45.6 Å². The van der Waals surface area contributed by atoms with Crippen molar-refractivity contribution in [1.82, 2.24) is 0 Å². The van der Waals surface area contributed by atoms with E-state index in [0.29, 0.717) is 12.2 Å². The molecule has 1 aliphatic carbocycles. The third-order valence-corrected chi connectivity index (χ3v) is 11.9. The highest BCUT2D eigenvalue weighted by molar-refractivity contribution is 6.99. The molecule has 0 bridgehead atoms. The predicted molar refractivity (Wildman–Crippen MR) is 135 cm³/mol. The van der Waals surface area contributed by atoms with Gasteiger partial charge in [-0.05, 0) is 40.2 Å². The van der Waals surface area contributed by atoms with Gasteiger partial charge in [0.2, 0.25) is 0 Å². The molecule has 2 nitrogen and oxygen atoms in total. The van der Waals surface area contributed by atoms with Gasteiger partial charge in [-0.1, -0.05) is 112 Å². The number of rotatable bonds is 7. The topological polar surface area (TPSA) is 26.3 Å². The Hall–Kier alpha value is -2.49. The molecule has 0 radical (unpaired) electrons. The first-order valence-corrected chi connectivity index (χ1v) is 13.7. The summed E-state index contributed by atoms with van der Waals surface area (Å²) in [6.45, 7) is 6.94. The number of benzene rings is 3. The highest BCUT2D eigenvalue weighted by Crippen LogP contribution is 2.40. The highest BCUT2D eigenvalue weighted by Gasteiger charge is 2.52. The van der Waals surface area contributed by atoms with Crippen LogP contribution in [-0.2, 0) is 15.6 Å². The van der Waals surface area contributed by atoms with E-state index in [-0.39, 0.29) is 17.1 Å². The molecule has 2 unspecified atom stereocenters. The van der Waals surface area contributed by atoms with Crippen LogP contribution >= 0.6 is 0 Å². The van der Waals surface area contributed by atoms with Crippen LogP contribution in [0.15, 0.2) is 91.0 Å². The van der Waals surface area contributed by atoms with E-state index in [1.54, 1.807) is 0 Å². The summed E-state index contributed by atoms with van der Waals surface area (Å²) in [5.74, 6) is 0.447. The minimum Gasteiger partial charge on any atom is -0.404 e. The summed E-state index contributed by atoms with van der Waals surface area (Å²) in [6.07, 6.45) is 3.35. The maximum atomic E-state index is 13.0. The quantitative estimate of drug-likeness (QED) is 0.449. The minimum absolute atomic E-state index is 0.0398. The number of Topliss-reactive ketones (excluding diaryl/α,β-unsaturated/α-hetero) is 1. The zero-order valence-electron chi connectivity index (χ0n) is 19.5. The van der Waals surface area contributed by atoms with Crippen LogP contribution in [0.25, 0.3) is 0 Å². The number of hydrogen-bond acceptors (Lipinski definition) is 2. The SMILES string of the molecule is CC(C)(C)[Si](OC1CCC(C(=O)Cc2ccccc2)C1)(c1ccccc1)c1ccccc1. The Balaban J connectivity index is 1.60. The molecule has 3 aromatic carbocycles. The molecule has 3 heteroatoms. The van der Waals surface area contributed by atoms with Crippen molar-refractivity contribution in [3.8, 4) is 0 Å². The maximum absolute atomic E-state index is 13.0. The van der Waals surface area contributed by atoms with Gasteiger partial charge < -0.3 is 4.43 Å². The van der Waals surface area contributed by atoms with Crippen molar-refractivity contribution in [1.29, 1.82) is 0 Å². The standard InChI is InChI=1S/C29H34O2Si/c1-29(2,3)32(26-15-9-5-10-16-26,27-17-11-6-12-18-27)31-25-20-19-24(22-25)28(30)21-23-13-7-4-8-14-23/h4-18,24-25H,19-22H2,1-3H3. The van der Waals surface area contributed by atoms with Gasteiger partial charge in [-0.2, -0.15) is 0 Å². The molecule has 1 aliphatic rings. The fourth-order valence-electron chi connectivity index (χ4n) is 5.22. The normalized spacial score (nSPS) is 19.1. The summed E-state index contributed by atoms with van der Waals surface area (Å²) in [4.78, 5) is 13.0. The lowest BCUT2D eigenvalue weighted by Crippen LogP contribution is -2.67. The first kappa shape index (κ1) is 22.7. The fourth-order valence-corrected chi connectivity index (χ4v) is 9.95. The Bertz CT molecular complexity index is 970. The zero-order valence-corrected chi connectivity index (χ0v) is 20.5. The second kappa shape index (κ2) is 9.56. The Labute approximate surface area is 193 Å². The van der Waals surface area contributed by atoms with Gasteiger partial charge in [-0.15, -0.1) is 0 Å². The van der Waals surface area contributed by atoms with Crippen molar-refractivity contribution in [2.24, 2.45) is 5.92 Å². The number of carbonyl (C=O) groups excluding carboxylic acids is 1. The van der Waals surface area contributed by atoms with Gasteiger partial charge in [0.1, 0.15) is 5.78 Å². The lowest BCUT2D eigenvalue weighted by atomic mass is 9.96. The summed E-state index contributed by atoms with van der Waals surface area (Å²) in [7, 11) is -2.56. The average Bonchev–Trinajstić information content (AvgIpc) is 3.27. The molecule has 2 atom stereocenters. The molecular formula is C29H34O2Si. The molecule has 0 aliphatic heterocycles. The molecule has 0 heterocycles. The van der Waals surface area contributed by atoms with E-state index >= 15 is 0 Å². The third-order valence-electron chi connectivity index (χ3n) is 6.82. The maximum Gasteiger partial charge on any atom is 0.261 e. The van der Waals surface area contributed by atoms with Crippen molar-refractivity contribution in [2.45, 2.75) is 57.6 Å². The van der Waals surface area contributed by atoms with Crippen LogP contribution < -0.4 is 10.4 Å². The van der Waals surface area contributed by atoms with Crippen LogP contribution in [0.3, 0.4) is 0 Å². The van der Waals surface area contributed by atoms with Gasteiger partial charge in [0, 0.05) is 18.4 Å². The van der Waals surface area contributed by atoms with E-state index in [2.05, 4.69) is 81.4 Å². The monoisotopic (exact) mass is 442 g/mol. The molecule has 1 saturated carbocycles. The van der Waals surface area contributed by atoms with Gasteiger partial charge in [0.25, 0.3) is 8.32 Å². The van der Waals surface area contributed by atoms with Crippen molar-refractivity contribution >= 4 is 24.5 Å². The van der Waals surface area contributed by atoms with Crippen LogP contribution in [-0.4, -0.2) is 20.2 Å². The third kappa shape index (κ3) is 4.64. The Morgan fingerprint density at radius 2 is 1.31 bits per heavy atom. The lowest BCUT2D eigenvalue weighted by molar-refractivity contribution is -0.122. The first-order chi connectivity index (χ1) is 15.4. The van der Waals surface area contributed by atoms with Crippen molar-refractivity contribution < 1.29 is 9.22 Å². The number of carbonyl (C=O) groups is 1. The molecule has 1 fully saturated rings. The fraction of sp³-hybridized carbons (Fsp3) is 0.345. The predicted octanol–water partition coefficient (Wildman–Crippen LogP) is 5.54. The van der Waals surface area contributed by atoms with Crippen LogP contribution in [0, 0.1) is 5.92 Å². The highest BCUT2D eigenvalue weighted by atomic mass is 28.4. The molecule has 32 heavy (non-hydrogen) atoms. The van der Waals surface area contributed by atoms with Gasteiger partial charge in [0.05, 0.1) is 0 Å². The van der Waals surface area contributed by atoms with Gasteiger partial charge in [0.15, 0.2) is 0 Å². The van der Waals surface area contributed by atoms with E-state index in [1.807, 2.05) is 30.3 Å². The largest absolute Gasteiger partial charge is 0.404 e. The van der Waals surface area contributed by atoms with Crippen LogP contribution in [0.4, 0.5) is 0 Å². The Kier molecular flexibility index (Phi) is 6.78. The summed E-state index contributed by atoms with van der Waals surface area (Å²) in [6, 6.07) is 31.7. The number of ketones is 1. The molecule has 3 aromatic rings. The van der Waals surface area contributed by atoms with Gasteiger partial charge in [-0.25, -0.2) is 0 Å². The minimum atomic E-state index is -2.56. The van der Waals surface area contributed by atoms with Crippen molar-refractivity contribution in [3.63, 3.8) is 0 Å². The second-order valence-corrected chi connectivity index (χ2v) is 14.3. The molecular weight excluding hydrogens is 408 g/mol. The molecule has 0 saturated heterocycles. The first-order valence-electron chi connectivity index (χ1n) is 11.8. The summed E-state index contributed by atoms with van der Waals surface area (Å²) in [5.41, 5.74) is 1.11. The average molecular weight is 443 g/mol. The van der Waals surface area contributed by atoms with E-state index < -0.39 is 8.32 Å². The number of hydrogen-bond donors (Lipinski definition) is 0. The second-order valence-electron chi connectivity index (χ2n) is 10.0. The Morgan fingerprint density at radius 3 is 1.81 bits per heavy atom. The summed E-state index contributed by atoms with van der Waals surface area (Å²) in [5, 5.41) is 2.57. The molecule has 0 amide bonds. The lowest BCUT2D eigenvalue weighted by Gasteiger charge is -2.44. The van der Waals surface area contributed by atoms with E-state index in [9.17, 15) is 4.79 Å². The van der Waals surface area contributed by atoms with Crippen LogP contribution in [0.5, 0.6) is 0 Å². The van der Waals surface area contributed by atoms with Gasteiger partial charge in [-0.3, -0.25) is 4.79 Å². The van der Waals surface area contributed by atoms with Gasteiger partial charge >= 0.3 is 0 Å².